The van der Waals surface area contributed by atoms with E-state index in [-0.39, 0.29) is 22.0 Å². The number of halogens is 1. The summed E-state index contributed by atoms with van der Waals surface area (Å²) in [5.41, 5.74) is 0.882. The molecule has 3 rings (SSSR count). The van der Waals surface area contributed by atoms with Gasteiger partial charge in [0.1, 0.15) is 5.82 Å². The number of nitrogens with zero attached hydrogens (tertiary/aromatic N) is 3. The van der Waals surface area contributed by atoms with Crippen LogP contribution in [0.15, 0.2) is 24.5 Å². The summed E-state index contributed by atoms with van der Waals surface area (Å²) in [6.45, 7) is 4.42. The minimum absolute atomic E-state index is 0.0138. The summed E-state index contributed by atoms with van der Waals surface area (Å²) in [5, 5.41) is -0.230. The molecule has 0 aliphatic carbocycles. The van der Waals surface area contributed by atoms with E-state index in [1.165, 1.54) is 24.5 Å². The second-order valence-electron chi connectivity index (χ2n) is 5.54. The van der Waals surface area contributed by atoms with Gasteiger partial charge >= 0.3 is 0 Å². The summed E-state index contributed by atoms with van der Waals surface area (Å²) in [4.78, 5) is 22.3. The van der Waals surface area contributed by atoms with Crippen LogP contribution < -0.4 is 0 Å². The quantitative estimate of drug-likeness (QED) is 0.803. The van der Waals surface area contributed by atoms with Crippen molar-refractivity contribution in [1.29, 1.82) is 0 Å². The molecule has 0 radical (unpaired) electrons. The van der Waals surface area contributed by atoms with Crippen LogP contribution in [0.5, 0.6) is 0 Å². The number of fused-ring (bicyclic) bond motifs is 1. The summed E-state index contributed by atoms with van der Waals surface area (Å²) < 4.78 is 26.2. The third kappa shape index (κ3) is 2.61. The molecule has 1 amide bonds. The molecular formula is C15H16FN3O2S. The summed E-state index contributed by atoms with van der Waals surface area (Å²) in [6.07, 6.45) is 2.98. The van der Waals surface area contributed by atoms with Crippen LogP contribution in [0.3, 0.4) is 0 Å². The molecule has 22 heavy (non-hydrogen) atoms. The van der Waals surface area contributed by atoms with Gasteiger partial charge in [-0.05, 0) is 19.9 Å². The first kappa shape index (κ1) is 15.0. The van der Waals surface area contributed by atoms with Gasteiger partial charge in [-0.25, -0.2) is 4.39 Å². The summed E-state index contributed by atoms with van der Waals surface area (Å²) in [7, 11) is -0.961. The SMILES string of the molecule is CC1CN(C(=O)c2cc3nccnc3cc2F)CC(C)S1=O. The number of hydrogen-bond donors (Lipinski definition) is 0. The molecule has 1 aromatic heterocycles. The average molecular weight is 321 g/mol. The van der Waals surface area contributed by atoms with E-state index in [9.17, 15) is 13.4 Å². The fourth-order valence-corrected chi connectivity index (χ4v) is 4.17. The van der Waals surface area contributed by atoms with Gasteiger partial charge in [0, 0.05) is 52.8 Å². The van der Waals surface area contributed by atoms with Crippen LogP contribution in [-0.4, -0.2) is 48.6 Å². The van der Waals surface area contributed by atoms with Crippen LogP contribution in [0.2, 0.25) is 0 Å². The summed E-state index contributed by atoms with van der Waals surface area (Å²) in [5.74, 6) is -0.995. The number of amides is 1. The van der Waals surface area contributed by atoms with Gasteiger partial charge in [-0.3, -0.25) is 19.0 Å². The Morgan fingerprint density at radius 3 is 2.32 bits per heavy atom. The molecular weight excluding hydrogens is 305 g/mol. The van der Waals surface area contributed by atoms with Crippen molar-refractivity contribution >= 4 is 27.7 Å². The molecule has 1 aliphatic rings. The molecule has 0 saturated carbocycles. The van der Waals surface area contributed by atoms with Gasteiger partial charge in [-0.15, -0.1) is 0 Å². The van der Waals surface area contributed by atoms with Gasteiger partial charge in [0.15, 0.2) is 0 Å². The average Bonchev–Trinajstić information content (AvgIpc) is 2.50. The molecule has 2 atom stereocenters. The third-order valence-corrected chi connectivity index (χ3v) is 5.71. The lowest BCUT2D eigenvalue weighted by Crippen LogP contribution is -2.49. The number of benzene rings is 1. The van der Waals surface area contributed by atoms with Crippen molar-refractivity contribution in [2.24, 2.45) is 0 Å². The molecule has 0 bridgehead atoms. The first-order chi connectivity index (χ1) is 10.5. The maximum atomic E-state index is 14.2. The Labute approximate surface area is 130 Å². The maximum absolute atomic E-state index is 14.2. The van der Waals surface area contributed by atoms with Crippen molar-refractivity contribution < 1.29 is 13.4 Å². The Morgan fingerprint density at radius 2 is 1.73 bits per heavy atom. The van der Waals surface area contributed by atoms with Crippen LogP contribution in [0.4, 0.5) is 4.39 Å². The van der Waals surface area contributed by atoms with Crippen LogP contribution in [0, 0.1) is 5.82 Å². The van der Waals surface area contributed by atoms with Gasteiger partial charge in [-0.2, -0.15) is 0 Å². The van der Waals surface area contributed by atoms with E-state index < -0.39 is 16.6 Å². The number of carbonyl (C=O) groups is 1. The number of hydrogen-bond acceptors (Lipinski definition) is 4. The molecule has 0 spiro atoms. The minimum Gasteiger partial charge on any atom is -0.336 e. The van der Waals surface area contributed by atoms with Crippen molar-refractivity contribution in [3.8, 4) is 0 Å². The second-order valence-corrected chi connectivity index (χ2v) is 7.80. The van der Waals surface area contributed by atoms with Crippen molar-refractivity contribution in [1.82, 2.24) is 14.9 Å². The predicted octanol–water partition coefficient (Wildman–Crippen LogP) is 1.75. The van der Waals surface area contributed by atoms with E-state index in [2.05, 4.69) is 9.97 Å². The van der Waals surface area contributed by atoms with E-state index in [1.54, 1.807) is 4.90 Å². The molecule has 1 aliphatic heterocycles. The van der Waals surface area contributed by atoms with Gasteiger partial charge in [0.2, 0.25) is 0 Å². The molecule has 0 N–H and O–H groups in total. The maximum Gasteiger partial charge on any atom is 0.256 e. The Morgan fingerprint density at radius 1 is 1.18 bits per heavy atom. The molecule has 1 aromatic carbocycles. The zero-order valence-corrected chi connectivity index (χ0v) is 13.1. The van der Waals surface area contributed by atoms with E-state index >= 15 is 0 Å². The van der Waals surface area contributed by atoms with E-state index in [0.717, 1.165) is 0 Å². The summed E-state index contributed by atoms with van der Waals surface area (Å²) >= 11 is 0. The van der Waals surface area contributed by atoms with Gasteiger partial charge in [0.05, 0.1) is 16.6 Å². The Hall–Kier alpha value is -1.89. The standard InChI is InChI=1S/C15H16FN3O2S/c1-9-7-19(8-10(2)22(9)21)15(20)11-5-13-14(6-12(11)16)18-4-3-17-13/h3-6,9-10H,7-8H2,1-2H3. The predicted molar refractivity (Wildman–Crippen MR) is 82.5 cm³/mol. The summed E-state index contributed by atoms with van der Waals surface area (Å²) in [6, 6.07) is 2.66. The molecule has 2 heterocycles. The highest BCUT2D eigenvalue weighted by atomic mass is 32.2. The van der Waals surface area contributed by atoms with Crippen molar-refractivity contribution in [3.05, 3.63) is 35.9 Å². The highest BCUT2D eigenvalue weighted by Crippen LogP contribution is 2.21. The molecule has 2 unspecified atom stereocenters. The molecule has 1 fully saturated rings. The minimum atomic E-state index is -0.961. The van der Waals surface area contributed by atoms with Crippen LogP contribution in [-0.2, 0) is 10.8 Å². The largest absolute Gasteiger partial charge is 0.336 e. The lowest BCUT2D eigenvalue weighted by molar-refractivity contribution is 0.0747. The monoisotopic (exact) mass is 321 g/mol. The molecule has 7 heteroatoms. The second kappa shape index (κ2) is 5.72. The van der Waals surface area contributed by atoms with Gasteiger partial charge in [-0.1, -0.05) is 0 Å². The topological polar surface area (TPSA) is 63.2 Å². The highest BCUT2D eigenvalue weighted by molar-refractivity contribution is 7.86. The number of carbonyl (C=O) groups excluding carboxylic acids is 1. The molecule has 1 saturated heterocycles. The smallest absolute Gasteiger partial charge is 0.256 e. The van der Waals surface area contributed by atoms with Crippen molar-refractivity contribution in [2.75, 3.05) is 13.1 Å². The van der Waals surface area contributed by atoms with E-state index in [0.29, 0.717) is 24.1 Å². The molecule has 2 aromatic rings. The Balaban J connectivity index is 1.95. The van der Waals surface area contributed by atoms with E-state index in [4.69, 9.17) is 0 Å². The zero-order chi connectivity index (χ0) is 15.9. The van der Waals surface area contributed by atoms with Crippen LogP contribution >= 0.6 is 0 Å². The van der Waals surface area contributed by atoms with Gasteiger partial charge < -0.3 is 4.90 Å². The lowest BCUT2D eigenvalue weighted by Gasteiger charge is -2.34. The van der Waals surface area contributed by atoms with Crippen molar-refractivity contribution in [3.63, 3.8) is 0 Å². The Kier molecular flexibility index (Phi) is 3.90. The van der Waals surface area contributed by atoms with E-state index in [1.807, 2.05) is 13.8 Å². The third-order valence-electron chi connectivity index (χ3n) is 3.82. The fraction of sp³-hybridized carbons (Fsp3) is 0.400. The first-order valence-corrected chi connectivity index (χ1v) is 8.34. The normalized spacial score (nSPS) is 25.4. The Bertz CT molecular complexity index is 754. The van der Waals surface area contributed by atoms with Crippen LogP contribution in [0.25, 0.3) is 11.0 Å². The number of aromatic nitrogens is 2. The van der Waals surface area contributed by atoms with Crippen LogP contribution in [0.1, 0.15) is 24.2 Å². The van der Waals surface area contributed by atoms with Gasteiger partial charge in [0.25, 0.3) is 5.91 Å². The highest BCUT2D eigenvalue weighted by Gasteiger charge is 2.32. The number of rotatable bonds is 1. The molecule has 5 nitrogen and oxygen atoms in total. The van der Waals surface area contributed by atoms with Crippen molar-refractivity contribution in [2.45, 2.75) is 24.3 Å². The first-order valence-electron chi connectivity index (χ1n) is 7.06. The zero-order valence-electron chi connectivity index (χ0n) is 12.3. The fourth-order valence-electron chi connectivity index (χ4n) is 2.72. The lowest BCUT2D eigenvalue weighted by atomic mass is 10.1. The molecule has 116 valence electrons.